The highest BCUT2D eigenvalue weighted by Crippen LogP contribution is 2.16. The zero-order chi connectivity index (χ0) is 14.8. The molecule has 0 aliphatic rings. The van der Waals surface area contributed by atoms with Gasteiger partial charge in [0.2, 0.25) is 0 Å². The van der Waals surface area contributed by atoms with Gasteiger partial charge in [0.1, 0.15) is 11.5 Å². The molecule has 0 aromatic heterocycles. The lowest BCUT2D eigenvalue weighted by atomic mass is 10.1. The zero-order valence-electron chi connectivity index (χ0n) is 12.3. The molecule has 1 N–H and O–H groups in total. The van der Waals surface area contributed by atoms with E-state index in [9.17, 15) is 4.79 Å². The summed E-state index contributed by atoms with van der Waals surface area (Å²) in [5.74, 6) is 1.49. The zero-order valence-corrected chi connectivity index (χ0v) is 12.3. The van der Waals surface area contributed by atoms with Crippen LogP contribution in [0.25, 0.3) is 0 Å². The van der Waals surface area contributed by atoms with Crippen LogP contribution >= 0.6 is 0 Å². The van der Waals surface area contributed by atoms with Gasteiger partial charge in [0.25, 0.3) is 5.91 Å². The van der Waals surface area contributed by atoms with Crippen LogP contribution in [0.2, 0.25) is 0 Å². The molecule has 1 rings (SSSR count). The third kappa shape index (κ3) is 5.73. The van der Waals surface area contributed by atoms with Crippen molar-refractivity contribution in [1.29, 1.82) is 0 Å². The van der Waals surface area contributed by atoms with E-state index in [1.165, 1.54) is 0 Å². The molecule has 0 spiro atoms. The second-order valence-electron chi connectivity index (χ2n) is 4.35. The summed E-state index contributed by atoms with van der Waals surface area (Å²) in [6.07, 6.45) is 3.79. The van der Waals surface area contributed by atoms with E-state index in [-0.39, 0.29) is 12.5 Å². The van der Waals surface area contributed by atoms with Crippen LogP contribution in [-0.2, 0) is 4.79 Å². The summed E-state index contributed by atoms with van der Waals surface area (Å²) >= 11 is 0. The molecule has 1 amide bonds. The summed E-state index contributed by atoms with van der Waals surface area (Å²) in [5, 5.41) is 3.93. The normalized spacial score (nSPS) is 10.8. The lowest BCUT2D eigenvalue weighted by Gasteiger charge is -2.07. The number of nitrogens with zero attached hydrogens (tertiary/aromatic N) is 1. The number of ether oxygens (including phenoxy) is 2. The van der Waals surface area contributed by atoms with Gasteiger partial charge in [0.05, 0.1) is 7.11 Å². The number of hydrogen-bond acceptors (Lipinski definition) is 4. The van der Waals surface area contributed by atoms with Crippen molar-refractivity contribution in [1.82, 2.24) is 5.43 Å². The predicted molar refractivity (Wildman–Crippen MR) is 79.2 cm³/mol. The summed E-state index contributed by atoms with van der Waals surface area (Å²) in [6.45, 7) is 4.12. The number of benzene rings is 1. The van der Waals surface area contributed by atoms with Gasteiger partial charge in [0, 0.05) is 6.21 Å². The third-order valence-electron chi connectivity index (χ3n) is 2.95. The molecule has 1 aromatic rings. The second-order valence-corrected chi connectivity index (χ2v) is 4.35. The van der Waals surface area contributed by atoms with Gasteiger partial charge < -0.3 is 9.47 Å². The Morgan fingerprint density at radius 3 is 2.40 bits per heavy atom. The van der Waals surface area contributed by atoms with Crippen molar-refractivity contribution in [3.8, 4) is 11.5 Å². The van der Waals surface area contributed by atoms with Gasteiger partial charge in [-0.05, 0) is 43.0 Å². The summed E-state index contributed by atoms with van der Waals surface area (Å²) in [7, 11) is 1.60. The van der Waals surface area contributed by atoms with Gasteiger partial charge >= 0.3 is 0 Å². The molecular weight excluding hydrogens is 256 g/mol. The second kappa shape index (κ2) is 8.96. The number of nitrogens with one attached hydrogen (secondary N) is 1. The molecule has 20 heavy (non-hydrogen) atoms. The van der Waals surface area contributed by atoms with Crippen molar-refractivity contribution >= 4 is 12.1 Å². The molecule has 0 bridgehead atoms. The highest BCUT2D eigenvalue weighted by atomic mass is 16.5. The molecule has 0 atom stereocenters. The summed E-state index contributed by atoms with van der Waals surface area (Å²) in [4.78, 5) is 11.5. The maximum Gasteiger partial charge on any atom is 0.277 e. The molecular formula is C15H22N2O3. The van der Waals surface area contributed by atoms with Gasteiger partial charge in [-0.15, -0.1) is 0 Å². The first-order valence-corrected chi connectivity index (χ1v) is 6.78. The minimum Gasteiger partial charge on any atom is -0.497 e. The fourth-order valence-corrected chi connectivity index (χ4v) is 1.57. The van der Waals surface area contributed by atoms with Crippen LogP contribution < -0.4 is 14.9 Å². The maximum absolute atomic E-state index is 11.5. The molecule has 0 radical (unpaired) electrons. The lowest BCUT2D eigenvalue weighted by Crippen LogP contribution is -2.25. The van der Waals surface area contributed by atoms with Gasteiger partial charge in [-0.25, -0.2) is 5.43 Å². The Labute approximate surface area is 120 Å². The fraction of sp³-hybridized carbons (Fsp3) is 0.467. The fourth-order valence-electron chi connectivity index (χ4n) is 1.57. The Morgan fingerprint density at radius 1 is 1.25 bits per heavy atom. The Kier molecular flexibility index (Phi) is 7.17. The Morgan fingerprint density at radius 2 is 1.85 bits per heavy atom. The monoisotopic (exact) mass is 278 g/mol. The van der Waals surface area contributed by atoms with Crippen LogP contribution in [0.4, 0.5) is 0 Å². The van der Waals surface area contributed by atoms with Crippen molar-refractivity contribution in [2.24, 2.45) is 11.0 Å². The van der Waals surface area contributed by atoms with E-state index < -0.39 is 0 Å². The van der Waals surface area contributed by atoms with Crippen LogP contribution in [0, 0.1) is 5.92 Å². The topological polar surface area (TPSA) is 59.9 Å². The lowest BCUT2D eigenvalue weighted by molar-refractivity contribution is -0.123. The summed E-state index contributed by atoms with van der Waals surface area (Å²) in [5.41, 5.74) is 2.46. The van der Waals surface area contributed by atoms with E-state index >= 15 is 0 Å². The van der Waals surface area contributed by atoms with E-state index in [1.807, 2.05) is 0 Å². The van der Waals surface area contributed by atoms with Gasteiger partial charge in [-0.1, -0.05) is 13.8 Å². The molecule has 0 aliphatic heterocycles. The standard InChI is InChI=1S/C15H22N2O3/c1-4-12(5-2)10-16-17-15(18)11-20-14-8-6-13(19-3)7-9-14/h6-10,12H,4-5,11H2,1-3H3,(H,17,18)/b16-10-. The average Bonchev–Trinajstić information content (AvgIpc) is 2.50. The first-order valence-electron chi connectivity index (χ1n) is 6.78. The van der Waals surface area contributed by atoms with Crippen LogP contribution in [0.3, 0.4) is 0 Å². The quantitative estimate of drug-likeness (QED) is 0.587. The molecule has 0 saturated carbocycles. The number of carbonyl (C=O) groups excluding carboxylic acids is 1. The Balaban J connectivity index is 2.32. The third-order valence-corrected chi connectivity index (χ3v) is 2.95. The average molecular weight is 278 g/mol. The molecule has 0 fully saturated rings. The minimum absolute atomic E-state index is 0.0629. The molecule has 0 saturated heterocycles. The van der Waals surface area contributed by atoms with Crippen molar-refractivity contribution < 1.29 is 14.3 Å². The number of rotatable bonds is 8. The number of carbonyl (C=O) groups is 1. The van der Waals surface area contributed by atoms with Crippen LogP contribution in [0.15, 0.2) is 29.4 Å². The van der Waals surface area contributed by atoms with Crippen molar-refractivity contribution in [3.63, 3.8) is 0 Å². The number of hydrazone groups is 1. The summed E-state index contributed by atoms with van der Waals surface area (Å²) in [6, 6.07) is 7.05. The highest BCUT2D eigenvalue weighted by molar-refractivity contribution is 5.78. The predicted octanol–water partition coefficient (Wildman–Crippen LogP) is 2.61. The first kappa shape index (κ1) is 16.0. The van der Waals surface area contributed by atoms with Crippen molar-refractivity contribution in [3.05, 3.63) is 24.3 Å². The van der Waals surface area contributed by atoms with E-state index in [2.05, 4.69) is 24.4 Å². The van der Waals surface area contributed by atoms with E-state index in [0.29, 0.717) is 11.7 Å². The van der Waals surface area contributed by atoms with Crippen LogP contribution in [0.1, 0.15) is 26.7 Å². The smallest absolute Gasteiger partial charge is 0.277 e. The number of methoxy groups -OCH3 is 1. The van der Waals surface area contributed by atoms with Crippen molar-refractivity contribution in [2.75, 3.05) is 13.7 Å². The van der Waals surface area contributed by atoms with Gasteiger partial charge in [0.15, 0.2) is 6.61 Å². The largest absolute Gasteiger partial charge is 0.497 e. The van der Waals surface area contributed by atoms with Gasteiger partial charge in [-0.2, -0.15) is 5.10 Å². The Hall–Kier alpha value is -2.04. The highest BCUT2D eigenvalue weighted by Gasteiger charge is 2.02. The molecule has 0 heterocycles. The van der Waals surface area contributed by atoms with E-state index in [4.69, 9.17) is 9.47 Å². The Bertz CT molecular complexity index is 425. The molecule has 0 unspecified atom stereocenters. The maximum atomic E-state index is 11.5. The summed E-state index contributed by atoms with van der Waals surface area (Å²) < 4.78 is 10.4. The van der Waals surface area contributed by atoms with Crippen LogP contribution in [-0.4, -0.2) is 25.8 Å². The number of hydrogen-bond donors (Lipinski definition) is 1. The SMILES string of the molecule is CCC(/C=N\NC(=O)COc1ccc(OC)cc1)CC. The first-order chi connectivity index (χ1) is 9.69. The van der Waals surface area contributed by atoms with Gasteiger partial charge in [-0.3, -0.25) is 4.79 Å². The minimum atomic E-state index is -0.275. The molecule has 5 nitrogen and oxygen atoms in total. The van der Waals surface area contributed by atoms with Crippen LogP contribution in [0.5, 0.6) is 11.5 Å². The molecule has 5 heteroatoms. The molecule has 110 valence electrons. The molecule has 0 aliphatic carbocycles. The molecule has 1 aromatic carbocycles. The number of amides is 1. The van der Waals surface area contributed by atoms with Crippen molar-refractivity contribution in [2.45, 2.75) is 26.7 Å². The van der Waals surface area contributed by atoms with E-state index in [1.54, 1.807) is 37.6 Å². The van der Waals surface area contributed by atoms with E-state index in [0.717, 1.165) is 18.6 Å².